The van der Waals surface area contributed by atoms with Crippen LogP contribution in [0.5, 0.6) is 0 Å². The van der Waals surface area contributed by atoms with Crippen molar-refractivity contribution in [2.75, 3.05) is 11.4 Å². The second-order valence-electron chi connectivity index (χ2n) is 7.05. The van der Waals surface area contributed by atoms with Gasteiger partial charge in [-0.3, -0.25) is 9.59 Å². The summed E-state index contributed by atoms with van der Waals surface area (Å²) in [6.45, 7) is 0.603. The zero-order valence-corrected chi connectivity index (χ0v) is 15.8. The van der Waals surface area contributed by atoms with E-state index in [1.807, 2.05) is 54.6 Å². The van der Waals surface area contributed by atoms with Gasteiger partial charge in [0, 0.05) is 17.8 Å². The molecule has 3 aromatic carbocycles. The molecule has 0 aliphatic carbocycles. The molecule has 0 aromatic heterocycles. The number of anilines is 1. The van der Waals surface area contributed by atoms with Crippen molar-refractivity contribution in [3.63, 3.8) is 0 Å². The second-order valence-corrected chi connectivity index (χ2v) is 7.05. The summed E-state index contributed by atoms with van der Waals surface area (Å²) in [6, 6.07) is 21.5. The number of para-hydroxylation sites is 1. The normalized spacial score (nSPS) is 14.0. The van der Waals surface area contributed by atoms with Gasteiger partial charge in [-0.15, -0.1) is 0 Å². The first-order valence-electron chi connectivity index (χ1n) is 9.64. The van der Waals surface area contributed by atoms with E-state index in [-0.39, 0.29) is 5.91 Å². The zero-order chi connectivity index (χ0) is 20.2. The van der Waals surface area contributed by atoms with E-state index in [2.05, 4.69) is 5.32 Å². The second kappa shape index (κ2) is 8.27. The highest BCUT2D eigenvalue weighted by Crippen LogP contribution is 2.29. The minimum Gasteiger partial charge on any atom is -0.336 e. The summed E-state index contributed by atoms with van der Waals surface area (Å²) in [4.78, 5) is 28.1. The number of hydrogen-bond donors (Lipinski definition) is 1. The van der Waals surface area contributed by atoms with Crippen molar-refractivity contribution in [1.82, 2.24) is 5.32 Å². The van der Waals surface area contributed by atoms with Gasteiger partial charge in [0.1, 0.15) is 11.9 Å². The minimum atomic E-state index is -0.833. The molecule has 2 amide bonds. The molecule has 3 aromatic rings. The molecule has 1 unspecified atom stereocenters. The van der Waals surface area contributed by atoms with E-state index in [1.54, 1.807) is 4.90 Å². The van der Waals surface area contributed by atoms with Crippen LogP contribution in [0.2, 0.25) is 0 Å². The van der Waals surface area contributed by atoms with Crippen molar-refractivity contribution >= 4 is 17.5 Å². The predicted molar refractivity (Wildman–Crippen MR) is 110 cm³/mol. The molecule has 0 saturated carbocycles. The molecule has 4 nitrogen and oxygen atoms in total. The molecule has 4 rings (SSSR count). The van der Waals surface area contributed by atoms with Crippen LogP contribution in [-0.4, -0.2) is 18.4 Å². The van der Waals surface area contributed by atoms with E-state index in [4.69, 9.17) is 0 Å². The molecule has 1 N–H and O–H groups in total. The molecule has 0 radical (unpaired) electrons. The average Bonchev–Trinajstić information content (AvgIpc) is 2.77. The first-order chi connectivity index (χ1) is 14.1. The molecule has 146 valence electrons. The van der Waals surface area contributed by atoms with Crippen LogP contribution >= 0.6 is 0 Å². The minimum absolute atomic E-state index is 0.182. The van der Waals surface area contributed by atoms with Gasteiger partial charge in [0.15, 0.2) is 0 Å². The number of benzene rings is 3. The Kier molecular flexibility index (Phi) is 5.38. The topological polar surface area (TPSA) is 49.4 Å². The molecule has 5 heteroatoms. The first-order valence-corrected chi connectivity index (χ1v) is 9.64. The van der Waals surface area contributed by atoms with Crippen LogP contribution in [0.1, 0.15) is 33.9 Å². The van der Waals surface area contributed by atoms with Crippen LogP contribution in [0.15, 0.2) is 78.9 Å². The van der Waals surface area contributed by atoms with Crippen molar-refractivity contribution < 1.29 is 14.0 Å². The van der Waals surface area contributed by atoms with Crippen molar-refractivity contribution in [3.05, 3.63) is 101 Å². The van der Waals surface area contributed by atoms with E-state index in [0.717, 1.165) is 24.1 Å². The third-order valence-corrected chi connectivity index (χ3v) is 5.14. The predicted octanol–water partition coefficient (Wildman–Crippen LogP) is 4.28. The standard InChI is InChI=1S/C24H21FN2O2/c25-20-14-12-19(13-15-20)23(28)26-22(18-8-2-1-3-9-18)24(29)27-16-6-10-17-7-4-5-11-21(17)27/h1-5,7-9,11-15,22H,6,10,16H2,(H,26,28). The molecule has 1 aliphatic heterocycles. The Bertz CT molecular complexity index is 1020. The van der Waals surface area contributed by atoms with Crippen LogP contribution in [0.3, 0.4) is 0 Å². The Balaban J connectivity index is 1.65. The molecule has 0 saturated heterocycles. The highest BCUT2D eigenvalue weighted by Gasteiger charge is 2.31. The Labute approximate surface area is 169 Å². The Morgan fingerprint density at radius 2 is 1.59 bits per heavy atom. The van der Waals surface area contributed by atoms with Crippen molar-refractivity contribution in [1.29, 1.82) is 0 Å². The molecule has 0 spiro atoms. The molecule has 0 bridgehead atoms. The van der Waals surface area contributed by atoms with Gasteiger partial charge in [-0.2, -0.15) is 0 Å². The number of aryl methyl sites for hydroxylation is 1. The molecule has 1 aliphatic rings. The highest BCUT2D eigenvalue weighted by molar-refractivity contribution is 6.03. The van der Waals surface area contributed by atoms with Gasteiger partial charge in [0.2, 0.25) is 0 Å². The van der Waals surface area contributed by atoms with Crippen LogP contribution in [0, 0.1) is 5.82 Å². The van der Waals surface area contributed by atoms with E-state index in [1.165, 1.54) is 24.3 Å². The van der Waals surface area contributed by atoms with Crippen LogP contribution in [0.25, 0.3) is 0 Å². The fourth-order valence-electron chi connectivity index (χ4n) is 3.67. The van der Waals surface area contributed by atoms with Gasteiger partial charge in [0.05, 0.1) is 0 Å². The summed E-state index contributed by atoms with van der Waals surface area (Å²) in [6.07, 6.45) is 1.80. The summed E-state index contributed by atoms with van der Waals surface area (Å²) in [5.41, 5.74) is 3.03. The Morgan fingerprint density at radius 1 is 0.897 bits per heavy atom. The summed E-state index contributed by atoms with van der Waals surface area (Å²) in [5.74, 6) is -1.02. The summed E-state index contributed by atoms with van der Waals surface area (Å²) in [7, 11) is 0. The van der Waals surface area contributed by atoms with Crippen LogP contribution in [-0.2, 0) is 11.2 Å². The Morgan fingerprint density at radius 3 is 2.34 bits per heavy atom. The molecule has 29 heavy (non-hydrogen) atoms. The summed E-state index contributed by atoms with van der Waals surface area (Å²) in [5, 5.41) is 2.84. The van der Waals surface area contributed by atoms with Crippen molar-refractivity contribution in [3.8, 4) is 0 Å². The quantitative estimate of drug-likeness (QED) is 0.725. The Hall–Kier alpha value is -3.47. The van der Waals surface area contributed by atoms with Crippen LogP contribution < -0.4 is 10.2 Å². The number of rotatable bonds is 4. The number of carbonyl (C=O) groups is 2. The number of nitrogens with one attached hydrogen (secondary N) is 1. The maximum atomic E-state index is 13.5. The third kappa shape index (κ3) is 4.04. The maximum absolute atomic E-state index is 13.5. The largest absolute Gasteiger partial charge is 0.336 e. The number of nitrogens with zero attached hydrogens (tertiary/aromatic N) is 1. The molecule has 0 fully saturated rings. The molecule has 1 atom stereocenters. The van der Waals surface area contributed by atoms with Crippen molar-refractivity contribution in [2.24, 2.45) is 0 Å². The fourth-order valence-corrected chi connectivity index (χ4v) is 3.67. The van der Waals surface area contributed by atoms with E-state index >= 15 is 0 Å². The highest BCUT2D eigenvalue weighted by atomic mass is 19.1. The van der Waals surface area contributed by atoms with Gasteiger partial charge in [-0.05, 0) is 54.3 Å². The smallest absolute Gasteiger partial charge is 0.254 e. The van der Waals surface area contributed by atoms with Gasteiger partial charge in [0.25, 0.3) is 11.8 Å². The third-order valence-electron chi connectivity index (χ3n) is 5.14. The number of hydrogen-bond acceptors (Lipinski definition) is 2. The number of amides is 2. The molecular weight excluding hydrogens is 367 g/mol. The summed E-state index contributed by atoms with van der Waals surface area (Å²) >= 11 is 0. The molecule has 1 heterocycles. The van der Waals surface area contributed by atoms with Crippen LogP contribution in [0.4, 0.5) is 10.1 Å². The number of fused-ring (bicyclic) bond motifs is 1. The van der Waals surface area contributed by atoms with Crippen molar-refractivity contribution in [2.45, 2.75) is 18.9 Å². The number of halogens is 1. The van der Waals surface area contributed by atoms with Gasteiger partial charge >= 0.3 is 0 Å². The fraction of sp³-hybridized carbons (Fsp3) is 0.167. The van der Waals surface area contributed by atoms with Gasteiger partial charge in [-0.25, -0.2) is 4.39 Å². The monoisotopic (exact) mass is 388 g/mol. The average molecular weight is 388 g/mol. The lowest BCUT2D eigenvalue weighted by molar-refractivity contribution is -0.120. The summed E-state index contributed by atoms with van der Waals surface area (Å²) < 4.78 is 13.2. The number of carbonyl (C=O) groups excluding carboxylic acids is 2. The first kappa shape index (κ1) is 18.9. The lowest BCUT2D eigenvalue weighted by Crippen LogP contribution is -2.45. The molecular formula is C24H21FN2O2. The maximum Gasteiger partial charge on any atom is 0.254 e. The van der Waals surface area contributed by atoms with Gasteiger partial charge < -0.3 is 10.2 Å². The van der Waals surface area contributed by atoms with E-state index in [9.17, 15) is 14.0 Å². The van der Waals surface area contributed by atoms with E-state index in [0.29, 0.717) is 17.7 Å². The van der Waals surface area contributed by atoms with Gasteiger partial charge in [-0.1, -0.05) is 48.5 Å². The van der Waals surface area contributed by atoms with E-state index < -0.39 is 17.8 Å². The zero-order valence-electron chi connectivity index (χ0n) is 15.8. The SMILES string of the molecule is O=C(NC(C(=O)N1CCCc2ccccc21)c1ccccc1)c1ccc(F)cc1. The lowest BCUT2D eigenvalue weighted by Gasteiger charge is -2.32. The lowest BCUT2D eigenvalue weighted by atomic mass is 9.99.